The van der Waals surface area contributed by atoms with Crippen LogP contribution in [0.15, 0.2) is 24.3 Å². The molecule has 2 amide bonds. The van der Waals surface area contributed by atoms with Gasteiger partial charge in [0, 0.05) is 0 Å². The quantitative estimate of drug-likeness (QED) is 0.368. The number of benzene rings is 1. The molecule has 2 fully saturated rings. The molecular weight excluding hydrogens is 346 g/mol. The van der Waals surface area contributed by atoms with Crippen molar-refractivity contribution in [1.29, 1.82) is 0 Å². The molecule has 2 aliphatic rings. The van der Waals surface area contributed by atoms with Gasteiger partial charge in [-0.3, -0.25) is 9.59 Å². The third kappa shape index (κ3) is 4.36. The van der Waals surface area contributed by atoms with E-state index in [2.05, 4.69) is 7.05 Å². The lowest BCUT2D eigenvalue weighted by Gasteiger charge is -2.30. The molecule has 0 unspecified atom stereocenters. The minimum atomic E-state index is -0.378. The number of esters is 1. The first-order chi connectivity index (χ1) is 13.0. The summed E-state index contributed by atoms with van der Waals surface area (Å²) in [4.78, 5) is 41.3. The predicted octanol–water partition coefficient (Wildman–Crippen LogP) is -1.31. The average molecular weight is 375 g/mol. The molecule has 27 heavy (non-hydrogen) atoms. The number of piperazine rings is 1. The van der Waals surface area contributed by atoms with E-state index in [0.29, 0.717) is 17.9 Å². The Bertz CT molecular complexity index is 696. The number of nitrogens with one attached hydrogen (secondary N) is 2. The van der Waals surface area contributed by atoms with Crippen LogP contribution in [0.3, 0.4) is 0 Å². The van der Waals surface area contributed by atoms with Crippen molar-refractivity contribution >= 4 is 23.5 Å². The third-order valence-corrected chi connectivity index (χ3v) is 5.48. The first kappa shape index (κ1) is 19.5. The monoisotopic (exact) mass is 375 g/mol. The van der Waals surface area contributed by atoms with Crippen LogP contribution in [0.25, 0.3) is 0 Å². The number of unbranched alkanes of at least 4 members (excludes halogenated alkanes) is 1. The summed E-state index contributed by atoms with van der Waals surface area (Å²) in [6, 6.07) is 6.24. The molecule has 2 N–H and O–H groups in total. The van der Waals surface area contributed by atoms with Crippen molar-refractivity contribution in [3.63, 3.8) is 0 Å². The highest BCUT2D eigenvalue weighted by Gasteiger charge is 2.46. The van der Waals surface area contributed by atoms with Crippen molar-refractivity contribution in [3.05, 3.63) is 29.8 Å². The second-order valence-corrected chi connectivity index (χ2v) is 7.48. The second-order valence-electron chi connectivity index (χ2n) is 7.48. The van der Waals surface area contributed by atoms with Gasteiger partial charge < -0.3 is 14.5 Å². The molecular formula is C20H29N3O4+2. The lowest BCUT2D eigenvalue weighted by Crippen LogP contribution is -3.29. The zero-order chi connectivity index (χ0) is 19.4. The van der Waals surface area contributed by atoms with Crippen LogP contribution in [0.1, 0.15) is 36.5 Å². The highest BCUT2D eigenvalue weighted by molar-refractivity contribution is 6.21. The van der Waals surface area contributed by atoms with Gasteiger partial charge in [-0.15, -0.1) is 0 Å². The molecule has 1 aromatic rings. The van der Waals surface area contributed by atoms with Crippen molar-refractivity contribution in [2.24, 2.45) is 0 Å². The summed E-state index contributed by atoms with van der Waals surface area (Å²) >= 11 is 0. The maximum absolute atomic E-state index is 12.9. The molecule has 3 rings (SSSR count). The number of anilines is 1. The van der Waals surface area contributed by atoms with Crippen molar-refractivity contribution < 1.29 is 28.9 Å². The molecule has 146 valence electrons. The predicted molar refractivity (Wildman–Crippen MR) is 99.8 cm³/mol. The van der Waals surface area contributed by atoms with E-state index in [1.54, 1.807) is 24.3 Å². The number of amides is 2. The molecule has 2 aliphatic heterocycles. The number of rotatable bonds is 6. The van der Waals surface area contributed by atoms with Gasteiger partial charge in [0.15, 0.2) is 6.04 Å². The number of nitrogens with zero attached hydrogens (tertiary/aromatic N) is 1. The number of quaternary nitrogens is 2. The Morgan fingerprint density at radius 3 is 2.44 bits per heavy atom. The molecule has 1 atom stereocenters. The summed E-state index contributed by atoms with van der Waals surface area (Å²) in [6.07, 6.45) is 2.05. The summed E-state index contributed by atoms with van der Waals surface area (Å²) in [5.74, 6) is -0.675. The maximum Gasteiger partial charge on any atom is 0.338 e. The van der Waals surface area contributed by atoms with Crippen LogP contribution in [0.5, 0.6) is 0 Å². The normalized spacial score (nSPS) is 25.7. The van der Waals surface area contributed by atoms with Crippen molar-refractivity contribution in [2.45, 2.75) is 32.2 Å². The van der Waals surface area contributed by atoms with E-state index in [1.807, 2.05) is 6.92 Å². The minimum absolute atomic E-state index is 0.132. The third-order valence-electron chi connectivity index (χ3n) is 5.48. The first-order valence-corrected chi connectivity index (χ1v) is 9.81. The largest absolute Gasteiger partial charge is 0.462 e. The fourth-order valence-electron chi connectivity index (χ4n) is 3.71. The van der Waals surface area contributed by atoms with E-state index in [-0.39, 0.29) is 30.2 Å². The van der Waals surface area contributed by atoms with Crippen molar-refractivity contribution in [1.82, 2.24) is 0 Å². The van der Waals surface area contributed by atoms with Gasteiger partial charge in [0.1, 0.15) is 26.2 Å². The number of ether oxygens (including phenoxy) is 1. The molecule has 7 nitrogen and oxygen atoms in total. The molecule has 0 radical (unpaired) electrons. The fraction of sp³-hybridized carbons (Fsp3) is 0.550. The molecule has 1 aromatic carbocycles. The lowest BCUT2D eigenvalue weighted by molar-refractivity contribution is -1.01. The number of imide groups is 1. The van der Waals surface area contributed by atoms with Crippen LogP contribution in [-0.4, -0.2) is 63.7 Å². The molecule has 0 saturated carbocycles. The summed E-state index contributed by atoms with van der Waals surface area (Å²) < 4.78 is 5.19. The Hall–Kier alpha value is -2.25. The van der Waals surface area contributed by atoms with Crippen LogP contribution in [0.2, 0.25) is 0 Å². The Kier molecular flexibility index (Phi) is 6.23. The van der Waals surface area contributed by atoms with E-state index >= 15 is 0 Å². The second kappa shape index (κ2) is 8.63. The van der Waals surface area contributed by atoms with Crippen LogP contribution >= 0.6 is 0 Å². The van der Waals surface area contributed by atoms with Crippen LogP contribution in [-0.2, 0) is 14.3 Å². The number of hydrogen-bond donors (Lipinski definition) is 2. The van der Waals surface area contributed by atoms with E-state index in [0.717, 1.165) is 39.0 Å². The fourth-order valence-corrected chi connectivity index (χ4v) is 3.71. The van der Waals surface area contributed by atoms with E-state index in [1.165, 1.54) is 14.7 Å². The van der Waals surface area contributed by atoms with Crippen molar-refractivity contribution in [3.8, 4) is 0 Å². The maximum atomic E-state index is 12.9. The summed E-state index contributed by atoms with van der Waals surface area (Å²) in [5, 5.41) is 0. The Labute approximate surface area is 159 Å². The Morgan fingerprint density at radius 1 is 1.15 bits per heavy atom. The Morgan fingerprint density at radius 2 is 1.81 bits per heavy atom. The Balaban J connectivity index is 1.66. The lowest BCUT2D eigenvalue weighted by atomic mass is 10.1. The molecule has 2 saturated heterocycles. The van der Waals surface area contributed by atoms with Gasteiger partial charge >= 0.3 is 5.97 Å². The van der Waals surface area contributed by atoms with Crippen LogP contribution in [0.4, 0.5) is 5.69 Å². The topological polar surface area (TPSA) is 72.6 Å². The van der Waals surface area contributed by atoms with Gasteiger partial charge in [0.05, 0.1) is 31.3 Å². The average Bonchev–Trinajstić information content (AvgIpc) is 2.97. The SMILES string of the molecule is CCCCOC(=O)c1ccc(N2C(=O)C[C@@H]([NH+]3CC[NH+](C)CC3)C2=O)cc1. The zero-order valence-electron chi connectivity index (χ0n) is 16.1. The van der Waals surface area contributed by atoms with Crippen LogP contribution in [0, 0.1) is 0 Å². The smallest absolute Gasteiger partial charge is 0.338 e. The summed E-state index contributed by atoms with van der Waals surface area (Å²) in [6.45, 7) is 6.28. The number of carbonyl (C=O) groups is 3. The zero-order valence-corrected chi connectivity index (χ0v) is 16.1. The molecule has 2 heterocycles. The van der Waals surface area contributed by atoms with E-state index in [4.69, 9.17) is 4.74 Å². The number of hydrogen-bond acceptors (Lipinski definition) is 4. The minimum Gasteiger partial charge on any atom is -0.462 e. The van der Waals surface area contributed by atoms with Crippen LogP contribution < -0.4 is 14.7 Å². The summed E-state index contributed by atoms with van der Waals surface area (Å²) in [7, 11) is 2.15. The van der Waals surface area contributed by atoms with E-state index in [9.17, 15) is 14.4 Å². The summed E-state index contributed by atoms with van der Waals surface area (Å²) in [5.41, 5.74) is 0.954. The van der Waals surface area contributed by atoms with Crippen molar-refractivity contribution in [2.75, 3.05) is 44.7 Å². The van der Waals surface area contributed by atoms with Gasteiger partial charge in [-0.2, -0.15) is 0 Å². The van der Waals surface area contributed by atoms with Gasteiger partial charge in [-0.25, -0.2) is 9.69 Å². The number of carbonyl (C=O) groups excluding carboxylic acids is 3. The van der Waals surface area contributed by atoms with Gasteiger partial charge in [-0.05, 0) is 30.7 Å². The number of likely N-dealkylation sites (N-methyl/N-ethyl adjacent to an activating group) is 1. The standard InChI is InChI=1S/C20H27N3O4/c1-3-4-13-27-20(26)15-5-7-16(8-6-15)23-18(24)14-17(19(23)25)22-11-9-21(2)10-12-22/h5-8,17H,3-4,9-14H2,1-2H3/p+2/t17-/m1/s1. The highest BCUT2D eigenvalue weighted by atomic mass is 16.5. The highest BCUT2D eigenvalue weighted by Crippen LogP contribution is 2.22. The van der Waals surface area contributed by atoms with Gasteiger partial charge in [0.25, 0.3) is 5.91 Å². The van der Waals surface area contributed by atoms with E-state index < -0.39 is 0 Å². The molecule has 0 spiro atoms. The molecule has 0 bridgehead atoms. The molecule has 7 heteroatoms. The first-order valence-electron chi connectivity index (χ1n) is 9.81. The van der Waals surface area contributed by atoms with Gasteiger partial charge in [-0.1, -0.05) is 13.3 Å². The molecule has 0 aromatic heterocycles. The van der Waals surface area contributed by atoms with Gasteiger partial charge in [0.2, 0.25) is 5.91 Å². The molecule has 0 aliphatic carbocycles.